The summed E-state index contributed by atoms with van der Waals surface area (Å²) in [6, 6.07) is 10.2. The molecule has 4 aromatic rings. The summed E-state index contributed by atoms with van der Waals surface area (Å²) in [6.07, 6.45) is 1.42. The Morgan fingerprint density at radius 1 is 1.17 bits per heavy atom. The lowest BCUT2D eigenvalue weighted by Crippen LogP contribution is -2.12. The number of carbonyl (C=O) groups is 2. The number of carbonyl (C=O) groups excluding carboxylic acids is 2. The topological polar surface area (TPSA) is 113 Å². The molecule has 0 atom stereocenters. The number of nitrogen functional groups attached to an aromatic ring is 1. The van der Waals surface area contributed by atoms with Gasteiger partial charge in [0.25, 0.3) is 5.91 Å². The quantitative estimate of drug-likeness (QED) is 0.277. The average molecular weight is 526 g/mol. The number of halogens is 1. The van der Waals surface area contributed by atoms with Crippen LogP contribution in [0.5, 0.6) is 11.5 Å². The summed E-state index contributed by atoms with van der Waals surface area (Å²) in [5.41, 5.74) is 9.11. The number of aryl methyl sites for hydroxylation is 1. The lowest BCUT2D eigenvalue weighted by molar-refractivity contribution is 0.0528. The van der Waals surface area contributed by atoms with Gasteiger partial charge in [-0.25, -0.2) is 9.78 Å². The Morgan fingerprint density at radius 3 is 2.69 bits per heavy atom. The number of hydrogen-bond donors (Lipinski definition) is 2. The van der Waals surface area contributed by atoms with Gasteiger partial charge in [0.1, 0.15) is 12.4 Å². The summed E-state index contributed by atoms with van der Waals surface area (Å²) in [6.45, 7) is 3.98. The molecule has 4 rings (SSSR count). The minimum absolute atomic E-state index is 0.121. The summed E-state index contributed by atoms with van der Waals surface area (Å²) >= 11 is 7.43. The highest BCUT2D eigenvalue weighted by atomic mass is 35.5. The standard InChI is InChI=1S/C26H24ClN3O5S/c1-4-34-26(32)18-11-29-24(28)22-16(13-36-23(18)22)12-35-21-10-15(5-8-20(21)33-3)25(31)30-17-6-7-19(27)14(2)9-17/h5-11,13H,4,12H2,1-3H3,(H2,28,29)(H,30,31). The Balaban J connectivity index is 1.57. The number of hydrogen-bond acceptors (Lipinski definition) is 8. The van der Waals surface area contributed by atoms with Crippen LogP contribution in [0.3, 0.4) is 0 Å². The maximum atomic E-state index is 12.9. The highest BCUT2D eigenvalue weighted by molar-refractivity contribution is 7.17. The molecule has 2 aromatic carbocycles. The Bertz CT molecular complexity index is 1450. The van der Waals surface area contributed by atoms with Gasteiger partial charge in [-0.3, -0.25) is 4.79 Å². The number of nitrogens with zero attached hydrogens (tertiary/aromatic N) is 1. The number of ether oxygens (including phenoxy) is 3. The van der Waals surface area contributed by atoms with Crippen molar-refractivity contribution in [3.05, 3.63) is 75.3 Å². The molecule has 0 aliphatic heterocycles. The number of benzene rings is 2. The van der Waals surface area contributed by atoms with Crippen LogP contribution in [-0.2, 0) is 11.3 Å². The molecule has 8 nitrogen and oxygen atoms in total. The fourth-order valence-corrected chi connectivity index (χ4v) is 4.78. The van der Waals surface area contributed by atoms with Crippen molar-refractivity contribution in [2.24, 2.45) is 0 Å². The normalized spacial score (nSPS) is 10.8. The summed E-state index contributed by atoms with van der Waals surface area (Å²) in [7, 11) is 1.52. The average Bonchev–Trinajstić information content (AvgIpc) is 3.30. The fourth-order valence-electron chi connectivity index (χ4n) is 3.60. The molecular formula is C26H24ClN3O5S. The SMILES string of the molecule is CCOC(=O)c1cnc(N)c2c(COc3cc(C(=O)Nc4ccc(Cl)c(C)c4)ccc3OC)csc12. The van der Waals surface area contributed by atoms with E-state index < -0.39 is 5.97 Å². The van der Waals surface area contributed by atoms with E-state index >= 15 is 0 Å². The maximum absolute atomic E-state index is 12.9. The van der Waals surface area contributed by atoms with E-state index in [0.29, 0.717) is 43.4 Å². The van der Waals surface area contributed by atoms with E-state index in [9.17, 15) is 9.59 Å². The molecule has 2 heterocycles. The van der Waals surface area contributed by atoms with Crippen molar-refractivity contribution in [1.82, 2.24) is 4.98 Å². The zero-order valence-electron chi connectivity index (χ0n) is 19.9. The van der Waals surface area contributed by atoms with Gasteiger partial charge in [0.05, 0.1) is 24.0 Å². The summed E-state index contributed by atoms with van der Waals surface area (Å²) in [4.78, 5) is 29.3. The minimum atomic E-state index is -0.458. The van der Waals surface area contributed by atoms with Crippen LogP contribution < -0.4 is 20.5 Å². The van der Waals surface area contributed by atoms with E-state index in [4.69, 9.17) is 31.5 Å². The van der Waals surface area contributed by atoms with Crippen molar-refractivity contribution in [2.75, 3.05) is 24.8 Å². The molecule has 36 heavy (non-hydrogen) atoms. The number of nitrogens with two attached hydrogens (primary N) is 1. The second-order valence-electron chi connectivity index (χ2n) is 7.82. The van der Waals surface area contributed by atoms with Gasteiger partial charge in [-0.1, -0.05) is 11.6 Å². The number of rotatable bonds is 8. The lowest BCUT2D eigenvalue weighted by Gasteiger charge is -2.13. The van der Waals surface area contributed by atoms with Crippen LogP contribution in [-0.4, -0.2) is 30.6 Å². The first-order chi connectivity index (χ1) is 17.3. The molecule has 2 aromatic heterocycles. The number of fused-ring (bicyclic) bond motifs is 1. The monoisotopic (exact) mass is 525 g/mol. The van der Waals surface area contributed by atoms with Crippen LogP contribution in [0.2, 0.25) is 5.02 Å². The highest BCUT2D eigenvalue weighted by Gasteiger charge is 2.19. The van der Waals surface area contributed by atoms with Crippen molar-refractivity contribution in [2.45, 2.75) is 20.5 Å². The number of amides is 1. The van der Waals surface area contributed by atoms with E-state index in [1.165, 1.54) is 24.6 Å². The molecule has 0 unspecified atom stereocenters. The zero-order valence-corrected chi connectivity index (χ0v) is 21.5. The Labute approximate surface area is 216 Å². The van der Waals surface area contributed by atoms with E-state index in [1.54, 1.807) is 43.3 Å². The van der Waals surface area contributed by atoms with Crippen molar-refractivity contribution < 1.29 is 23.8 Å². The molecule has 0 saturated heterocycles. The molecule has 0 saturated carbocycles. The van der Waals surface area contributed by atoms with Gasteiger partial charge < -0.3 is 25.3 Å². The largest absolute Gasteiger partial charge is 0.493 e. The van der Waals surface area contributed by atoms with Crippen LogP contribution in [0.15, 0.2) is 48.0 Å². The molecule has 10 heteroatoms. The molecule has 3 N–H and O–H groups in total. The lowest BCUT2D eigenvalue weighted by atomic mass is 10.1. The van der Waals surface area contributed by atoms with Crippen molar-refractivity contribution >= 4 is 56.4 Å². The maximum Gasteiger partial charge on any atom is 0.341 e. The van der Waals surface area contributed by atoms with Gasteiger partial charge in [0.2, 0.25) is 0 Å². The predicted octanol–water partition coefficient (Wildman–Crippen LogP) is 5.86. The van der Waals surface area contributed by atoms with E-state index in [2.05, 4.69) is 10.3 Å². The summed E-state index contributed by atoms with van der Waals surface area (Å²) < 4.78 is 17.3. The highest BCUT2D eigenvalue weighted by Crippen LogP contribution is 2.35. The number of esters is 1. The van der Waals surface area contributed by atoms with Gasteiger partial charge >= 0.3 is 5.97 Å². The Hall–Kier alpha value is -3.82. The number of aromatic nitrogens is 1. The molecular weight excluding hydrogens is 502 g/mol. The first kappa shape index (κ1) is 25.3. The molecule has 0 aliphatic carbocycles. The number of methoxy groups -OCH3 is 1. The van der Waals surface area contributed by atoms with Gasteiger partial charge in [-0.15, -0.1) is 11.3 Å². The molecule has 0 aliphatic rings. The second-order valence-corrected chi connectivity index (χ2v) is 9.10. The van der Waals surface area contributed by atoms with Crippen molar-refractivity contribution in [1.29, 1.82) is 0 Å². The first-order valence-electron chi connectivity index (χ1n) is 11.0. The molecule has 0 bridgehead atoms. The third-order valence-electron chi connectivity index (χ3n) is 5.42. The minimum Gasteiger partial charge on any atom is -0.493 e. The number of pyridine rings is 1. The zero-order chi connectivity index (χ0) is 25.8. The number of anilines is 2. The van der Waals surface area contributed by atoms with Gasteiger partial charge in [0.15, 0.2) is 11.5 Å². The molecule has 1 amide bonds. The first-order valence-corrected chi connectivity index (χ1v) is 12.3. The van der Waals surface area contributed by atoms with Crippen molar-refractivity contribution in [3.8, 4) is 11.5 Å². The Kier molecular flexibility index (Phi) is 7.61. The molecule has 0 fully saturated rings. The van der Waals surface area contributed by atoms with E-state index in [1.807, 2.05) is 12.3 Å². The van der Waals surface area contributed by atoms with Crippen LogP contribution in [0, 0.1) is 6.92 Å². The van der Waals surface area contributed by atoms with Crippen LogP contribution in [0.25, 0.3) is 10.1 Å². The van der Waals surface area contributed by atoms with Crippen molar-refractivity contribution in [3.63, 3.8) is 0 Å². The third kappa shape index (κ3) is 5.22. The fraction of sp³-hybridized carbons (Fsp3) is 0.192. The second kappa shape index (κ2) is 10.8. The van der Waals surface area contributed by atoms with Gasteiger partial charge in [0, 0.05) is 33.4 Å². The molecule has 186 valence electrons. The third-order valence-corrected chi connectivity index (χ3v) is 6.91. The van der Waals surface area contributed by atoms with Crippen LogP contribution in [0.1, 0.15) is 38.8 Å². The van der Waals surface area contributed by atoms with Crippen LogP contribution in [0.4, 0.5) is 11.5 Å². The van der Waals surface area contributed by atoms with Gasteiger partial charge in [-0.2, -0.15) is 0 Å². The summed E-state index contributed by atoms with van der Waals surface area (Å²) in [5, 5.41) is 5.98. The van der Waals surface area contributed by atoms with Gasteiger partial charge in [-0.05, 0) is 61.2 Å². The summed E-state index contributed by atoms with van der Waals surface area (Å²) in [5.74, 6) is 0.367. The number of thiophene rings is 1. The molecule has 0 spiro atoms. The Morgan fingerprint density at radius 2 is 1.97 bits per heavy atom. The smallest absolute Gasteiger partial charge is 0.341 e. The van der Waals surface area contributed by atoms with E-state index in [-0.39, 0.29) is 24.9 Å². The number of nitrogens with one attached hydrogen (secondary N) is 1. The van der Waals surface area contributed by atoms with Crippen LogP contribution >= 0.6 is 22.9 Å². The molecule has 0 radical (unpaired) electrons. The predicted molar refractivity (Wildman–Crippen MR) is 141 cm³/mol. The van der Waals surface area contributed by atoms with E-state index in [0.717, 1.165) is 11.1 Å².